The fourth-order valence-electron chi connectivity index (χ4n) is 1.55. The molecule has 2 heterocycles. The van der Waals surface area contributed by atoms with Gasteiger partial charge in [0.25, 0.3) is 5.91 Å². The maximum atomic E-state index is 11.9. The highest BCUT2D eigenvalue weighted by Crippen LogP contribution is 2.09. The molecule has 0 fully saturated rings. The number of carbonyl (C=O) groups excluding carboxylic acids is 1. The van der Waals surface area contributed by atoms with Crippen molar-refractivity contribution in [3.05, 3.63) is 42.0 Å². The number of aryl methyl sites for hydroxylation is 1. The van der Waals surface area contributed by atoms with E-state index in [1.165, 1.54) is 17.1 Å². The number of aromatic nitrogens is 3. The van der Waals surface area contributed by atoms with E-state index in [1.807, 2.05) is 0 Å². The number of hydrogen-bond donors (Lipinski definition) is 2. The first-order chi connectivity index (χ1) is 9.06. The number of pyridine rings is 1. The molecular weight excluding hydrogens is 248 g/mol. The summed E-state index contributed by atoms with van der Waals surface area (Å²) in [5.41, 5.74) is 1.36. The van der Waals surface area contributed by atoms with Crippen LogP contribution in [-0.4, -0.2) is 31.7 Å². The SMILES string of the molecule is Cn1nccc1C(=O)Nc1ccc(CC(=O)O)nc1. The van der Waals surface area contributed by atoms with Gasteiger partial charge in [-0.1, -0.05) is 0 Å². The third-order valence-electron chi connectivity index (χ3n) is 2.47. The van der Waals surface area contributed by atoms with Crippen LogP contribution < -0.4 is 5.32 Å². The fraction of sp³-hybridized carbons (Fsp3) is 0.167. The predicted octanol–water partition coefficient (Wildman–Crippen LogP) is 0.694. The summed E-state index contributed by atoms with van der Waals surface area (Å²) in [6, 6.07) is 4.77. The number of hydrogen-bond acceptors (Lipinski definition) is 4. The Morgan fingerprint density at radius 2 is 2.16 bits per heavy atom. The number of carboxylic acid groups (broad SMARTS) is 1. The average Bonchev–Trinajstić information content (AvgIpc) is 2.77. The summed E-state index contributed by atoms with van der Waals surface area (Å²) in [6.45, 7) is 0. The number of carboxylic acids is 1. The molecule has 2 aromatic rings. The van der Waals surface area contributed by atoms with Gasteiger partial charge >= 0.3 is 5.97 Å². The quantitative estimate of drug-likeness (QED) is 0.843. The first-order valence-corrected chi connectivity index (χ1v) is 5.52. The van der Waals surface area contributed by atoms with Crippen LogP contribution in [0.5, 0.6) is 0 Å². The highest BCUT2D eigenvalue weighted by atomic mass is 16.4. The highest BCUT2D eigenvalue weighted by Gasteiger charge is 2.10. The summed E-state index contributed by atoms with van der Waals surface area (Å²) in [4.78, 5) is 26.3. The number of carbonyl (C=O) groups is 2. The van der Waals surface area contributed by atoms with E-state index >= 15 is 0 Å². The molecule has 7 heteroatoms. The van der Waals surface area contributed by atoms with Crippen molar-refractivity contribution in [2.45, 2.75) is 6.42 Å². The smallest absolute Gasteiger partial charge is 0.309 e. The predicted molar refractivity (Wildman–Crippen MR) is 66.7 cm³/mol. The maximum Gasteiger partial charge on any atom is 0.309 e. The van der Waals surface area contributed by atoms with Crippen molar-refractivity contribution >= 4 is 17.6 Å². The molecule has 0 aromatic carbocycles. The Morgan fingerprint density at radius 3 is 2.68 bits per heavy atom. The van der Waals surface area contributed by atoms with Crippen molar-refractivity contribution in [3.8, 4) is 0 Å². The van der Waals surface area contributed by atoms with Crippen LogP contribution in [0.15, 0.2) is 30.6 Å². The minimum Gasteiger partial charge on any atom is -0.481 e. The van der Waals surface area contributed by atoms with Gasteiger partial charge in [0.2, 0.25) is 0 Å². The molecular formula is C12H12N4O3. The van der Waals surface area contributed by atoms with Crippen LogP contribution in [0.25, 0.3) is 0 Å². The van der Waals surface area contributed by atoms with Gasteiger partial charge in [-0.05, 0) is 18.2 Å². The van der Waals surface area contributed by atoms with Crippen molar-refractivity contribution in [1.29, 1.82) is 0 Å². The summed E-state index contributed by atoms with van der Waals surface area (Å²) in [6.07, 6.45) is 2.81. The Morgan fingerprint density at radius 1 is 1.37 bits per heavy atom. The number of rotatable bonds is 4. The van der Waals surface area contributed by atoms with Crippen molar-refractivity contribution in [2.75, 3.05) is 5.32 Å². The standard InChI is InChI=1S/C12H12N4O3/c1-16-10(4-5-14-16)12(19)15-9-3-2-8(13-7-9)6-11(17)18/h2-5,7H,6H2,1H3,(H,15,19)(H,17,18). The number of anilines is 1. The lowest BCUT2D eigenvalue weighted by Gasteiger charge is -2.05. The van der Waals surface area contributed by atoms with Crippen molar-refractivity contribution < 1.29 is 14.7 Å². The number of aliphatic carboxylic acids is 1. The summed E-state index contributed by atoms with van der Waals surface area (Å²) in [5.74, 6) is -1.24. The zero-order valence-electron chi connectivity index (χ0n) is 10.2. The molecule has 2 aromatic heterocycles. The van der Waals surface area contributed by atoms with Crippen molar-refractivity contribution in [3.63, 3.8) is 0 Å². The Balaban J connectivity index is 2.06. The van der Waals surface area contributed by atoms with E-state index in [-0.39, 0.29) is 12.3 Å². The van der Waals surface area contributed by atoms with E-state index < -0.39 is 5.97 Å². The topological polar surface area (TPSA) is 97.1 Å². The third-order valence-corrected chi connectivity index (χ3v) is 2.47. The molecule has 0 saturated heterocycles. The van der Waals surface area contributed by atoms with E-state index in [0.29, 0.717) is 17.1 Å². The molecule has 0 spiro atoms. The normalized spacial score (nSPS) is 10.2. The van der Waals surface area contributed by atoms with E-state index in [0.717, 1.165) is 0 Å². The molecule has 2 N–H and O–H groups in total. The van der Waals surface area contributed by atoms with Gasteiger partial charge in [0.15, 0.2) is 0 Å². The van der Waals surface area contributed by atoms with Crippen LogP contribution >= 0.6 is 0 Å². The van der Waals surface area contributed by atoms with Crippen LogP contribution in [0, 0.1) is 0 Å². The molecule has 0 unspecified atom stereocenters. The van der Waals surface area contributed by atoms with Crippen LogP contribution in [-0.2, 0) is 18.3 Å². The lowest BCUT2D eigenvalue weighted by Crippen LogP contribution is -2.16. The molecule has 2 rings (SSSR count). The first kappa shape index (κ1) is 12.7. The van der Waals surface area contributed by atoms with Gasteiger partial charge in [-0.25, -0.2) is 0 Å². The summed E-state index contributed by atoms with van der Waals surface area (Å²) in [7, 11) is 1.67. The molecule has 0 radical (unpaired) electrons. The molecule has 0 aliphatic heterocycles. The minimum absolute atomic E-state index is 0.143. The van der Waals surface area contributed by atoms with Gasteiger partial charge in [0.1, 0.15) is 5.69 Å². The maximum absolute atomic E-state index is 11.9. The van der Waals surface area contributed by atoms with Crippen LogP contribution in [0.3, 0.4) is 0 Å². The Labute approximate surface area is 108 Å². The molecule has 0 atom stereocenters. The van der Waals surface area contributed by atoms with Gasteiger partial charge in [-0.3, -0.25) is 19.3 Å². The van der Waals surface area contributed by atoms with Crippen molar-refractivity contribution in [2.24, 2.45) is 7.05 Å². The third kappa shape index (κ3) is 3.15. The van der Waals surface area contributed by atoms with Gasteiger partial charge < -0.3 is 10.4 Å². The Hall–Kier alpha value is -2.70. The Kier molecular flexibility index (Phi) is 3.56. The van der Waals surface area contributed by atoms with E-state index in [9.17, 15) is 9.59 Å². The Bertz CT molecular complexity index is 604. The number of nitrogens with zero attached hydrogens (tertiary/aromatic N) is 3. The summed E-state index contributed by atoms with van der Waals surface area (Å²) < 4.78 is 1.46. The largest absolute Gasteiger partial charge is 0.481 e. The van der Waals surface area contributed by atoms with Crippen molar-refractivity contribution in [1.82, 2.24) is 14.8 Å². The molecule has 19 heavy (non-hydrogen) atoms. The molecule has 1 amide bonds. The van der Waals surface area contributed by atoms with Crippen LogP contribution in [0.1, 0.15) is 16.2 Å². The molecule has 0 aliphatic rings. The number of amides is 1. The number of nitrogens with one attached hydrogen (secondary N) is 1. The molecule has 0 bridgehead atoms. The molecule has 0 saturated carbocycles. The van der Waals surface area contributed by atoms with Gasteiger partial charge in [-0.2, -0.15) is 5.10 Å². The molecule has 7 nitrogen and oxygen atoms in total. The lowest BCUT2D eigenvalue weighted by atomic mass is 10.2. The van der Waals surface area contributed by atoms with E-state index in [2.05, 4.69) is 15.4 Å². The molecule has 0 aliphatic carbocycles. The van der Waals surface area contributed by atoms with Gasteiger partial charge in [0.05, 0.1) is 24.0 Å². The summed E-state index contributed by atoms with van der Waals surface area (Å²) >= 11 is 0. The first-order valence-electron chi connectivity index (χ1n) is 5.52. The van der Waals surface area contributed by atoms with Gasteiger partial charge in [-0.15, -0.1) is 0 Å². The van der Waals surface area contributed by atoms with E-state index in [1.54, 1.807) is 25.2 Å². The zero-order valence-corrected chi connectivity index (χ0v) is 10.2. The highest BCUT2D eigenvalue weighted by molar-refractivity contribution is 6.02. The van der Waals surface area contributed by atoms with Crippen LogP contribution in [0.2, 0.25) is 0 Å². The van der Waals surface area contributed by atoms with Gasteiger partial charge in [0, 0.05) is 13.2 Å². The average molecular weight is 260 g/mol. The lowest BCUT2D eigenvalue weighted by molar-refractivity contribution is -0.136. The fourth-order valence-corrected chi connectivity index (χ4v) is 1.55. The van der Waals surface area contributed by atoms with Crippen LogP contribution in [0.4, 0.5) is 5.69 Å². The second-order valence-electron chi connectivity index (χ2n) is 3.90. The molecule has 98 valence electrons. The zero-order chi connectivity index (χ0) is 13.8. The monoisotopic (exact) mass is 260 g/mol. The second-order valence-corrected chi connectivity index (χ2v) is 3.90. The summed E-state index contributed by atoms with van der Waals surface area (Å²) in [5, 5.41) is 15.2. The minimum atomic E-state index is -0.945. The second kappa shape index (κ2) is 5.30. The van der Waals surface area contributed by atoms with E-state index in [4.69, 9.17) is 5.11 Å².